The molecule has 0 aliphatic heterocycles. The number of halogens is 6. The number of anilines is 2. The third kappa shape index (κ3) is 5.31. The molecule has 3 nitrogen and oxygen atoms in total. The maximum Gasteiger partial charge on any atom is 0.433 e. The highest BCUT2D eigenvalue weighted by Gasteiger charge is 2.34. The Hall–Kier alpha value is -3.88. The molecule has 0 saturated heterocycles. The van der Waals surface area contributed by atoms with Crippen LogP contribution in [0.25, 0.3) is 22.4 Å². The molecule has 0 fully saturated rings. The molecule has 0 bridgehead atoms. The minimum Gasteiger partial charge on any atom is -0.324 e. The molecule has 33 heavy (non-hydrogen) atoms. The lowest BCUT2D eigenvalue weighted by atomic mass is 10.1. The number of nitrogens with zero attached hydrogens (tertiary/aromatic N) is 2. The Balaban J connectivity index is 1.71. The van der Waals surface area contributed by atoms with Gasteiger partial charge in [0.2, 0.25) is 5.95 Å². The second-order valence-corrected chi connectivity index (χ2v) is 7.11. The summed E-state index contributed by atoms with van der Waals surface area (Å²) in [5, 5.41) is 2.77. The first-order chi connectivity index (χ1) is 15.6. The van der Waals surface area contributed by atoms with E-state index in [1.807, 2.05) is 36.4 Å². The monoisotopic (exact) mass is 459 g/mol. The molecule has 4 rings (SSSR count). The van der Waals surface area contributed by atoms with Crippen LogP contribution in [-0.2, 0) is 12.4 Å². The third-order valence-corrected chi connectivity index (χ3v) is 4.75. The summed E-state index contributed by atoms with van der Waals surface area (Å²) in [6.07, 6.45) is -9.33. The van der Waals surface area contributed by atoms with E-state index in [4.69, 9.17) is 0 Å². The Labute approximate surface area is 184 Å². The molecule has 9 heteroatoms. The first-order valence-electron chi connectivity index (χ1n) is 9.66. The molecular formula is C24H15F6N3. The average Bonchev–Trinajstić information content (AvgIpc) is 2.79. The van der Waals surface area contributed by atoms with Crippen LogP contribution in [0.3, 0.4) is 0 Å². The summed E-state index contributed by atoms with van der Waals surface area (Å²) >= 11 is 0. The van der Waals surface area contributed by atoms with Crippen LogP contribution in [0, 0.1) is 0 Å². The van der Waals surface area contributed by atoms with Gasteiger partial charge in [0.25, 0.3) is 0 Å². The van der Waals surface area contributed by atoms with E-state index in [0.29, 0.717) is 11.8 Å². The topological polar surface area (TPSA) is 37.8 Å². The maximum atomic E-state index is 13.4. The standard InChI is InChI=1S/C24H15F6N3/c25-23(26,27)18-11-9-16(10-12-18)20-14-21(24(28,29)30)33-22(32-20)31-19-8-4-7-17(13-19)15-5-2-1-3-6-15/h1-14H,(H,31,32,33). The molecular weight excluding hydrogens is 444 g/mol. The first-order valence-corrected chi connectivity index (χ1v) is 9.66. The summed E-state index contributed by atoms with van der Waals surface area (Å²) in [7, 11) is 0. The van der Waals surface area contributed by atoms with Gasteiger partial charge in [-0.2, -0.15) is 26.3 Å². The number of rotatable bonds is 4. The molecule has 0 saturated carbocycles. The quantitative estimate of drug-likeness (QED) is 0.320. The van der Waals surface area contributed by atoms with Crippen LogP contribution in [0.2, 0.25) is 0 Å². The molecule has 4 aromatic rings. The highest BCUT2D eigenvalue weighted by molar-refractivity contribution is 5.70. The molecule has 168 valence electrons. The number of hydrogen-bond donors (Lipinski definition) is 1. The highest BCUT2D eigenvalue weighted by Crippen LogP contribution is 2.34. The van der Waals surface area contributed by atoms with Gasteiger partial charge in [-0.25, -0.2) is 9.97 Å². The Morgan fingerprint density at radius 1 is 0.576 bits per heavy atom. The number of nitrogens with one attached hydrogen (secondary N) is 1. The molecule has 0 aliphatic carbocycles. The normalized spacial score (nSPS) is 11.9. The van der Waals surface area contributed by atoms with Crippen molar-refractivity contribution in [2.75, 3.05) is 5.32 Å². The van der Waals surface area contributed by atoms with Crippen LogP contribution in [0.4, 0.5) is 38.0 Å². The number of alkyl halides is 6. The molecule has 3 aromatic carbocycles. The predicted molar refractivity (Wildman–Crippen MR) is 113 cm³/mol. The van der Waals surface area contributed by atoms with Gasteiger partial charge in [-0.3, -0.25) is 0 Å². The highest BCUT2D eigenvalue weighted by atomic mass is 19.4. The van der Waals surface area contributed by atoms with Gasteiger partial charge in [-0.1, -0.05) is 54.6 Å². The maximum absolute atomic E-state index is 13.4. The van der Waals surface area contributed by atoms with Crippen LogP contribution in [0.15, 0.2) is 84.9 Å². The molecule has 0 unspecified atom stereocenters. The smallest absolute Gasteiger partial charge is 0.324 e. The van der Waals surface area contributed by atoms with Crippen LogP contribution in [0.5, 0.6) is 0 Å². The second kappa shape index (κ2) is 8.57. The largest absolute Gasteiger partial charge is 0.433 e. The minimum atomic E-state index is -4.77. The zero-order valence-corrected chi connectivity index (χ0v) is 16.7. The van der Waals surface area contributed by atoms with E-state index in [1.54, 1.807) is 18.2 Å². The van der Waals surface area contributed by atoms with Gasteiger partial charge in [0, 0.05) is 11.3 Å². The van der Waals surface area contributed by atoms with Crippen LogP contribution in [0.1, 0.15) is 11.3 Å². The van der Waals surface area contributed by atoms with Crippen molar-refractivity contribution >= 4 is 11.6 Å². The Bertz CT molecular complexity index is 1250. The van der Waals surface area contributed by atoms with Crippen molar-refractivity contribution in [3.05, 3.63) is 96.2 Å². The van der Waals surface area contributed by atoms with Gasteiger partial charge in [-0.15, -0.1) is 0 Å². The summed E-state index contributed by atoms with van der Waals surface area (Å²) in [6, 6.07) is 20.8. The van der Waals surface area contributed by atoms with E-state index in [0.717, 1.165) is 35.4 Å². The molecule has 1 aromatic heterocycles. The zero-order chi connectivity index (χ0) is 23.6. The van der Waals surface area contributed by atoms with Gasteiger partial charge in [0.05, 0.1) is 11.3 Å². The molecule has 0 radical (unpaired) electrons. The van der Waals surface area contributed by atoms with Gasteiger partial charge in [0.1, 0.15) is 0 Å². The second-order valence-electron chi connectivity index (χ2n) is 7.11. The third-order valence-electron chi connectivity index (χ3n) is 4.75. The summed E-state index contributed by atoms with van der Waals surface area (Å²) in [5.74, 6) is -0.329. The van der Waals surface area contributed by atoms with Crippen LogP contribution >= 0.6 is 0 Å². The van der Waals surface area contributed by atoms with Crippen molar-refractivity contribution in [2.24, 2.45) is 0 Å². The van der Waals surface area contributed by atoms with E-state index in [-0.39, 0.29) is 17.2 Å². The SMILES string of the molecule is FC(F)(F)c1ccc(-c2cc(C(F)(F)F)nc(Nc3cccc(-c4ccccc4)c3)n2)cc1. The van der Waals surface area contributed by atoms with Crippen molar-refractivity contribution in [3.8, 4) is 22.4 Å². The van der Waals surface area contributed by atoms with E-state index in [2.05, 4.69) is 15.3 Å². The van der Waals surface area contributed by atoms with E-state index < -0.39 is 23.6 Å². The first kappa shape index (κ1) is 22.3. The number of aromatic nitrogens is 2. The zero-order valence-electron chi connectivity index (χ0n) is 16.7. The van der Waals surface area contributed by atoms with Gasteiger partial charge in [0.15, 0.2) is 5.69 Å². The lowest BCUT2D eigenvalue weighted by Crippen LogP contribution is -2.11. The Kier molecular flexibility index (Phi) is 5.80. The molecule has 1 heterocycles. The fourth-order valence-corrected chi connectivity index (χ4v) is 3.16. The van der Waals surface area contributed by atoms with E-state index in [1.165, 1.54) is 0 Å². The minimum absolute atomic E-state index is 0.0944. The Morgan fingerprint density at radius 2 is 1.24 bits per heavy atom. The molecule has 1 N–H and O–H groups in total. The summed E-state index contributed by atoms with van der Waals surface area (Å²) in [6.45, 7) is 0. The van der Waals surface area contributed by atoms with Gasteiger partial charge in [-0.05, 0) is 41.5 Å². The van der Waals surface area contributed by atoms with Crippen molar-refractivity contribution in [1.29, 1.82) is 0 Å². The van der Waals surface area contributed by atoms with Crippen LogP contribution in [-0.4, -0.2) is 9.97 Å². The predicted octanol–water partition coefficient (Wildman–Crippen LogP) is 7.59. The fraction of sp³-hybridized carbons (Fsp3) is 0.0833. The van der Waals surface area contributed by atoms with Crippen molar-refractivity contribution in [1.82, 2.24) is 9.97 Å². The van der Waals surface area contributed by atoms with E-state index in [9.17, 15) is 26.3 Å². The lowest BCUT2D eigenvalue weighted by Gasteiger charge is -2.13. The molecule has 0 atom stereocenters. The number of benzene rings is 3. The number of hydrogen-bond acceptors (Lipinski definition) is 3. The van der Waals surface area contributed by atoms with Gasteiger partial charge >= 0.3 is 12.4 Å². The van der Waals surface area contributed by atoms with Crippen molar-refractivity contribution in [3.63, 3.8) is 0 Å². The molecule has 0 aliphatic rings. The fourth-order valence-electron chi connectivity index (χ4n) is 3.16. The summed E-state index contributed by atoms with van der Waals surface area (Å²) in [5.41, 5.74) is 0.00688. The summed E-state index contributed by atoms with van der Waals surface area (Å²) < 4.78 is 78.8. The van der Waals surface area contributed by atoms with Gasteiger partial charge < -0.3 is 5.32 Å². The summed E-state index contributed by atoms with van der Waals surface area (Å²) in [4.78, 5) is 7.66. The Morgan fingerprint density at radius 3 is 1.88 bits per heavy atom. The lowest BCUT2D eigenvalue weighted by molar-refractivity contribution is -0.141. The van der Waals surface area contributed by atoms with Crippen molar-refractivity contribution in [2.45, 2.75) is 12.4 Å². The van der Waals surface area contributed by atoms with Crippen molar-refractivity contribution < 1.29 is 26.3 Å². The average molecular weight is 459 g/mol. The van der Waals surface area contributed by atoms with E-state index >= 15 is 0 Å². The molecule has 0 amide bonds. The van der Waals surface area contributed by atoms with Crippen LogP contribution < -0.4 is 5.32 Å². The molecule has 0 spiro atoms.